The number of halogens is 1. The van der Waals surface area contributed by atoms with Crippen LogP contribution in [0, 0.1) is 13.8 Å². The van der Waals surface area contributed by atoms with Crippen LogP contribution in [0.25, 0.3) is 6.08 Å². The Labute approximate surface area is 144 Å². The lowest BCUT2D eigenvalue weighted by Crippen LogP contribution is -2.19. The molecule has 7 heteroatoms. The van der Waals surface area contributed by atoms with Crippen molar-refractivity contribution in [1.29, 1.82) is 0 Å². The second-order valence-electron chi connectivity index (χ2n) is 4.79. The third kappa shape index (κ3) is 3.48. The summed E-state index contributed by atoms with van der Waals surface area (Å²) in [7, 11) is 0. The highest BCUT2D eigenvalue weighted by molar-refractivity contribution is 9.11. The van der Waals surface area contributed by atoms with Gasteiger partial charge in [-0.25, -0.2) is 9.98 Å². The lowest BCUT2D eigenvalue weighted by Gasteiger charge is -2.02. The molecular formula is C15H12BrN3OS2. The smallest absolute Gasteiger partial charge is 0.264 e. The first-order chi connectivity index (χ1) is 10.5. The number of aryl methyl sites for hydroxylation is 2. The van der Waals surface area contributed by atoms with Crippen LogP contribution < -0.4 is 5.32 Å². The highest BCUT2D eigenvalue weighted by Crippen LogP contribution is 2.31. The number of amides is 1. The van der Waals surface area contributed by atoms with E-state index in [1.807, 2.05) is 32.1 Å². The fourth-order valence-electron chi connectivity index (χ4n) is 1.98. The van der Waals surface area contributed by atoms with Gasteiger partial charge in [-0.2, -0.15) is 0 Å². The zero-order chi connectivity index (χ0) is 15.7. The minimum atomic E-state index is -0.127. The molecule has 0 saturated carbocycles. The molecule has 0 unspecified atom stereocenters. The minimum Gasteiger partial charge on any atom is -0.300 e. The number of hydrogen-bond acceptors (Lipinski definition) is 5. The molecule has 1 aromatic heterocycles. The van der Waals surface area contributed by atoms with Gasteiger partial charge < -0.3 is 5.32 Å². The quantitative estimate of drug-likeness (QED) is 0.768. The molecule has 0 aliphatic carbocycles. The summed E-state index contributed by atoms with van der Waals surface area (Å²) in [4.78, 5) is 22.2. The SMILES string of the molecule is Cc1ccc(N=C2NC(=O)C(=Cc3cnc(Br)s3)S2)c(C)c1. The van der Waals surface area contributed by atoms with E-state index in [9.17, 15) is 4.79 Å². The van der Waals surface area contributed by atoms with Gasteiger partial charge in [-0.05, 0) is 59.2 Å². The number of carbonyl (C=O) groups excluding carboxylic acids is 1. The van der Waals surface area contributed by atoms with Gasteiger partial charge in [0.15, 0.2) is 9.08 Å². The number of nitrogens with zero attached hydrogens (tertiary/aromatic N) is 2. The van der Waals surface area contributed by atoms with E-state index in [-0.39, 0.29) is 5.91 Å². The van der Waals surface area contributed by atoms with Crippen LogP contribution in [0.4, 0.5) is 5.69 Å². The van der Waals surface area contributed by atoms with E-state index >= 15 is 0 Å². The van der Waals surface area contributed by atoms with Crippen molar-refractivity contribution in [2.75, 3.05) is 0 Å². The zero-order valence-electron chi connectivity index (χ0n) is 11.9. The summed E-state index contributed by atoms with van der Waals surface area (Å²) in [5.74, 6) is -0.127. The van der Waals surface area contributed by atoms with E-state index in [2.05, 4.69) is 37.3 Å². The van der Waals surface area contributed by atoms with E-state index < -0.39 is 0 Å². The van der Waals surface area contributed by atoms with Gasteiger partial charge in [0.05, 0.1) is 10.6 Å². The van der Waals surface area contributed by atoms with Gasteiger partial charge in [-0.3, -0.25) is 4.79 Å². The number of carbonyl (C=O) groups is 1. The number of rotatable bonds is 2. The summed E-state index contributed by atoms with van der Waals surface area (Å²) in [5.41, 5.74) is 3.15. The van der Waals surface area contributed by atoms with E-state index in [1.54, 1.807) is 6.20 Å². The van der Waals surface area contributed by atoms with E-state index in [1.165, 1.54) is 28.7 Å². The van der Waals surface area contributed by atoms with E-state index in [4.69, 9.17) is 0 Å². The van der Waals surface area contributed by atoms with Crippen LogP contribution in [0.2, 0.25) is 0 Å². The van der Waals surface area contributed by atoms with Crippen molar-refractivity contribution in [3.05, 3.63) is 49.2 Å². The van der Waals surface area contributed by atoms with E-state index in [0.717, 1.165) is 20.0 Å². The zero-order valence-corrected chi connectivity index (χ0v) is 15.1. The normalized spacial score (nSPS) is 18.2. The Balaban J connectivity index is 1.85. The fraction of sp³-hybridized carbons (Fsp3) is 0.133. The van der Waals surface area contributed by atoms with Crippen LogP contribution in [-0.4, -0.2) is 16.1 Å². The molecule has 1 aliphatic rings. The Kier molecular flexibility index (Phi) is 4.46. The second kappa shape index (κ2) is 6.36. The lowest BCUT2D eigenvalue weighted by atomic mass is 10.1. The molecule has 0 atom stereocenters. The molecule has 1 saturated heterocycles. The highest BCUT2D eigenvalue weighted by atomic mass is 79.9. The molecule has 112 valence electrons. The highest BCUT2D eigenvalue weighted by Gasteiger charge is 2.24. The molecule has 4 nitrogen and oxygen atoms in total. The molecule has 0 bridgehead atoms. The standard InChI is InChI=1S/C15H12BrN3OS2/c1-8-3-4-11(9(2)5-8)18-15-19-13(20)12(22-15)6-10-7-17-14(16)21-10/h3-7H,1-2H3,(H,18,19,20). The van der Waals surface area contributed by atoms with Crippen molar-refractivity contribution >= 4 is 61.9 Å². The van der Waals surface area contributed by atoms with Gasteiger partial charge in [-0.15, -0.1) is 11.3 Å². The van der Waals surface area contributed by atoms with Crippen LogP contribution in [0.5, 0.6) is 0 Å². The lowest BCUT2D eigenvalue weighted by molar-refractivity contribution is -0.115. The molecule has 0 radical (unpaired) electrons. The number of benzene rings is 1. The number of aliphatic imine (C=N–C) groups is 1. The Morgan fingerprint density at radius 2 is 2.18 bits per heavy atom. The van der Waals surface area contributed by atoms with Crippen molar-refractivity contribution in [2.45, 2.75) is 13.8 Å². The van der Waals surface area contributed by atoms with Gasteiger partial charge >= 0.3 is 0 Å². The number of nitrogens with one attached hydrogen (secondary N) is 1. The summed E-state index contributed by atoms with van der Waals surface area (Å²) in [6.07, 6.45) is 3.56. The molecule has 1 fully saturated rings. The molecule has 1 N–H and O–H groups in total. The van der Waals surface area contributed by atoms with Gasteiger partial charge in [0.1, 0.15) is 0 Å². The second-order valence-corrected chi connectivity index (χ2v) is 8.16. The van der Waals surface area contributed by atoms with Crippen LogP contribution in [0.15, 0.2) is 38.2 Å². The summed E-state index contributed by atoms with van der Waals surface area (Å²) < 4.78 is 0.798. The van der Waals surface area contributed by atoms with Crippen molar-refractivity contribution in [2.24, 2.45) is 4.99 Å². The topological polar surface area (TPSA) is 54.4 Å². The molecule has 2 heterocycles. The Bertz CT molecular complexity index is 811. The van der Waals surface area contributed by atoms with Crippen LogP contribution in [-0.2, 0) is 4.79 Å². The number of aromatic nitrogens is 1. The van der Waals surface area contributed by atoms with Crippen LogP contribution in [0.1, 0.15) is 16.0 Å². The van der Waals surface area contributed by atoms with Crippen molar-refractivity contribution in [3.63, 3.8) is 0 Å². The molecule has 1 aromatic carbocycles. The van der Waals surface area contributed by atoms with Gasteiger partial charge in [0, 0.05) is 11.1 Å². The Morgan fingerprint density at radius 1 is 1.36 bits per heavy atom. The maximum Gasteiger partial charge on any atom is 0.264 e. The third-order valence-corrected chi connectivity index (χ3v) is 5.33. The van der Waals surface area contributed by atoms with Gasteiger partial charge in [0.25, 0.3) is 5.91 Å². The first-order valence-electron chi connectivity index (χ1n) is 6.49. The average Bonchev–Trinajstić information content (AvgIpc) is 3.00. The largest absolute Gasteiger partial charge is 0.300 e. The third-order valence-electron chi connectivity index (χ3n) is 2.99. The summed E-state index contributed by atoms with van der Waals surface area (Å²) in [6, 6.07) is 6.05. The molecule has 1 amide bonds. The molecule has 0 spiro atoms. The fourth-order valence-corrected chi connectivity index (χ4v) is 4.13. The summed E-state index contributed by atoms with van der Waals surface area (Å²) >= 11 is 6.14. The Morgan fingerprint density at radius 3 is 2.86 bits per heavy atom. The first-order valence-corrected chi connectivity index (χ1v) is 8.92. The number of thiazole rings is 1. The monoisotopic (exact) mass is 393 g/mol. The summed E-state index contributed by atoms with van der Waals surface area (Å²) in [5, 5.41) is 3.40. The number of hydrogen-bond donors (Lipinski definition) is 1. The van der Waals surface area contributed by atoms with Crippen molar-refractivity contribution < 1.29 is 4.79 Å². The maximum absolute atomic E-state index is 12.0. The molecule has 3 rings (SSSR count). The molecule has 2 aromatic rings. The molecule has 22 heavy (non-hydrogen) atoms. The van der Waals surface area contributed by atoms with Crippen molar-refractivity contribution in [1.82, 2.24) is 10.3 Å². The van der Waals surface area contributed by atoms with Crippen LogP contribution in [0.3, 0.4) is 0 Å². The summed E-state index contributed by atoms with van der Waals surface area (Å²) in [6.45, 7) is 4.06. The van der Waals surface area contributed by atoms with Crippen LogP contribution >= 0.6 is 39.0 Å². The Hall–Kier alpha value is -1.44. The molecule has 1 aliphatic heterocycles. The maximum atomic E-state index is 12.0. The molecular weight excluding hydrogens is 382 g/mol. The van der Waals surface area contributed by atoms with Crippen molar-refractivity contribution in [3.8, 4) is 0 Å². The average molecular weight is 394 g/mol. The minimum absolute atomic E-state index is 0.127. The number of amidine groups is 1. The first kappa shape index (κ1) is 15.5. The number of thioether (sulfide) groups is 1. The van der Waals surface area contributed by atoms with Gasteiger partial charge in [-0.1, -0.05) is 17.7 Å². The van der Waals surface area contributed by atoms with Gasteiger partial charge in [0.2, 0.25) is 0 Å². The predicted octanol–water partition coefficient (Wildman–Crippen LogP) is 4.41. The van der Waals surface area contributed by atoms with E-state index in [0.29, 0.717) is 10.1 Å². The predicted molar refractivity (Wildman–Crippen MR) is 96.5 cm³/mol.